The topological polar surface area (TPSA) is 42.2 Å². The maximum Gasteiger partial charge on any atom is 0.291 e. The summed E-state index contributed by atoms with van der Waals surface area (Å²) in [7, 11) is 0. The maximum atomic E-state index is 12.0. The number of halogens is 1. The van der Waals surface area contributed by atoms with Gasteiger partial charge in [0.1, 0.15) is 0 Å². The first kappa shape index (κ1) is 12.9. The summed E-state index contributed by atoms with van der Waals surface area (Å²) in [6.07, 6.45) is 0. The second-order valence-corrected chi connectivity index (χ2v) is 5.08. The van der Waals surface area contributed by atoms with Crippen LogP contribution in [0.2, 0.25) is 0 Å². The molecule has 0 bridgehead atoms. The molecular formula is C14H14BrNO2. The number of benzene rings is 1. The van der Waals surface area contributed by atoms with Crippen LogP contribution in [-0.4, -0.2) is 5.91 Å². The maximum absolute atomic E-state index is 12.0. The number of hydrogen-bond acceptors (Lipinski definition) is 2. The van der Waals surface area contributed by atoms with Gasteiger partial charge in [0, 0.05) is 5.69 Å². The van der Waals surface area contributed by atoms with Crippen LogP contribution in [0.25, 0.3) is 0 Å². The highest BCUT2D eigenvalue weighted by Gasteiger charge is 2.13. The molecule has 0 aliphatic heterocycles. The van der Waals surface area contributed by atoms with Crippen LogP contribution in [0.1, 0.15) is 35.9 Å². The highest BCUT2D eigenvalue weighted by molar-refractivity contribution is 9.10. The Morgan fingerprint density at radius 2 is 1.94 bits per heavy atom. The van der Waals surface area contributed by atoms with Crippen LogP contribution in [0.15, 0.2) is 45.5 Å². The van der Waals surface area contributed by atoms with E-state index in [1.165, 1.54) is 0 Å². The molecule has 0 saturated heterocycles. The van der Waals surface area contributed by atoms with Crippen LogP contribution in [0.4, 0.5) is 5.69 Å². The molecule has 94 valence electrons. The van der Waals surface area contributed by atoms with E-state index in [0.29, 0.717) is 16.3 Å². The Morgan fingerprint density at radius 3 is 2.56 bits per heavy atom. The Kier molecular flexibility index (Phi) is 3.87. The highest BCUT2D eigenvalue weighted by Crippen LogP contribution is 2.24. The number of furan rings is 1. The quantitative estimate of drug-likeness (QED) is 0.912. The lowest BCUT2D eigenvalue weighted by molar-refractivity contribution is 0.0995. The third-order valence-corrected chi connectivity index (χ3v) is 3.05. The van der Waals surface area contributed by atoms with Gasteiger partial charge in [-0.1, -0.05) is 32.0 Å². The zero-order valence-electron chi connectivity index (χ0n) is 10.2. The van der Waals surface area contributed by atoms with Crippen LogP contribution < -0.4 is 5.32 Å². The number of amides is 1. The second-order valence-electron chi connectivity index (χ2n) is 4.30. The van der Waals surface area contributed by atoms with Crippen molar-refractivity contribution in [2.45, 2.75) is 19.8 Å². The Labute approximate surface area is 114 Å². The third-order valence-electron chi connectivity index (χ3n) is 2.63. The minimum absolute atomic E-state index is 0.242. The molecule has 0 aliphatic carbocycles. The summed E-state index contributed by atoms with van der Waals surface area (Å²) in [5.74, 6) is 0.402. The van der Waals surface area contributed by atoms with Crippen molar-refractivity contribution in [3.05, 3.63) is 52.4 Å². The average molecular weight is 308 g/mol. The Balaban J connectivity index is 2.22. The van der Waals surface area contributed by atoms with Gasteiger partial charge >= 0.3 is 0 Å². The molecule has 1 heterocycles. The fourth-order valence-corrected chi connectivity index (χ4v) is 2.04. The second kappa shape index (κ2) is 5.40. The van der Waals surface area contributed by atoms with Crippen molar-refractivity contribution in [3.63, 3.8) is 0 Å². The minimum atomic E-state index is -0.242. The molecule has 1 amide bonds. The standard InChI is InChI=1S/C14H14BrNO2/c1-9(2)10-5-3-4-6-11(10)16-14(17)12-7-8-13(15)18-12/h3-9H,1-2H3,(H,16,17). The van der Waals surface area contributed by atoms with E-state index in [2.05, 4.69) is 35.1 Å². The Bertz CT molecular complexity index is 560. The summed E-state index contributed by atoms with van der Waals surface area (Å²) in [5, 5.41) is 2.87. The SMILES string of the molecule is CC(C)c1ccccc1NC(=O)c1ccc(Br)o1. The summed E-state index contributed by atoms with van der Waals surface area (Å²) in [4.78, 5) is 12.0. The molecule has 1 aromatic carbocycles. The Hall–Kier alpha value is -1.55. The summed E-state index contributed by atoms with van der Waals surface area (Å²) < 4.78 is 5.77. The molecule has 1 N–H and O–H groups in total. The first-order chi connectivity index (χ1) is 8.58. The number of anilines is 1. The van der Waals surface area contributed by atoms with Crippen LogP contribution >= 0.6 is 15.9 Å². The van der Waals surface area contributed by atoms with Gasteiger partial charge in [0.25, 0.3) is 5.91 Å². The number of carbonyl (C=O) groups is 1. The molecule has 0 unspecified atom stereocenters. The van der Waals surface area contributed by atoms with Crippen LogP contribution in [-0.2, 0) is 0 Å². The Morgan fingerprint density at radius 1 is 1.22 bits per heavy atom. The van der Waals surface area contributed by atoms with Crippen molar-refractivity contribution < 1.29 is 9.21 Å². The van der Waals surface area contributed by atoms with Gasteiger partial charge in [0.05, 0.1) is 0 Å². The van der Waals surface area contributed by atoms with Gasteiger partial charge in [-0.05, 0) is 45.6 Å². The largest absolute Gasteiger partial charge is 0.444 e. The van der Waals surface area contributed by atoms with Gasteiger partial charge in [-0.3, -0.25) is 4.79 Å². The average Bonchev–Trinajstić information content (AvgIpc) is 2.76. The van der Waals surface area contributed by atoms with Crippen molar-refractivity contribution in [1.82, 2.24) is 0 Å². The molecule has 0 atom stereocenters. The summed E-state index contributed by atoms with van der Waals surface area (Å²) in [6.45, 7) is 4.18. The summed E-state index contributed by atoms with van der Waals surface area (Å²) in [5.41, 5.74) is 1.93. The fourth-order valence-electron chi connectivity index (χ4n) is 1.73. The summed E-state index contributed by atoms with van der Waals surface area (Å²) >= 11 is 3.18. The van der Waals surface area contributed by atoms with Crippen LogP contribution in [0, 0.1) is 0 Å². The monoisotopic (exact) mass is 307 g/mol. The fraction of sp³-hybridized carbons (Fsp3) is 0.214. The number of nitrogens with one attached hydrogen (secondary N) is 1. The van der Waals surface area contributed by atoms with Gasteiger partial charge in [0.15, 0.2) is 10.4 Å². The predicted molar refractivity (Wildman–Crippen MR) is 74.9 cm³/mol. The van der Waals surface area contributed by atoms with Gasteiger partial charge in [-0.15, -0.1) is 0 Å². The number of hydrogen-bond donors (Lipinski definition) is 1. The smallest absolute Gasteiger partial charge is 0.291 e. The molecule has 0 aliphatic rings. The minimum Gasteiger partial charge on any atom is -0.444 e. The van der Waals surface area contributed by atoms with Gasteiger partial charge < -0.3 is 9.73 Å². The van der Waals surface area contributed by atoms with Crippen molar-refractivity contribution in [2.75, 3.05) is 5.32 Å². The van der Waals surface area contributed by atoms with E-state index in [1.54, 1.807) is 12.1 Å². The molecule has 1 aromatic heterocycles. The molecular weight excluding hydrogens is 294 g/mol. The van der Waals surface area contributed by atoms with Gasteiger partial charge in [0.2, 0.25) is 0 Å². The van der Waals surface area contributed by atoms with Crippen molar-refractivity contribution >= 4 is 27.5 Å². The first-order valence-electron chi connectivity index (χ1n) is 5.73. The molecule has 2 aromatic rings. The van der Waals surface area contributed by atoms with Gasteiger partial charge in [-0.2, -0.15) is 0 Å². The number of carbonyl (C=O) groups excluding carboxylic acids is 1. The van der Waals surface area contributed by atoms with Crippen molar-refractivity contribution in [3.8, 4) is 0 Å². The lowest BCUT2D eigenvalue weighted by atomic mass is 10.0. The van der Waals surface area contributed by atoms with Gasteiger partial charge in [-0.25, -0.2) is 0 Å². The molecule has 2 rings (SSSR count). The van der Waals surface area contributed by atoms with E-state index >= 15 is 0 Å². The lowest BCUT2D eigenvalue weighted by Crippen LogP contribution is -2.12. The van der Waals surface area contributed by atoms with E-state index in [0.717, 1.165) is 11.3 Å². The molecule has 0 saturated carbocycles. The molecule has 3 nitrogen and oxygen atoms in total. The third kappa shape index (κ3) is 2.82. The normalized spacial score (nSPS) is 10.7. The van der Waals surface area contributed by atoms with E-state index < -0.39 is 0 Å². The summed E-state index contributed by atoms with van der Waals surface area (Å²) in [6, 6.07) is 11.1. The van der Waals surface area contributed by atoms with E-state index in [1.807, 2.05) is 24.3 Å². The van der Waals surface area contributed by atoms with E-state index in [9.17, 15) is 4.79 Å². The molecule has 0 spiro atoms. The molecule has 18 heavy (non-hydrogen) atoms. The number of rotatable bonds is 3. The first-order valence-corrected chi connectivity index (χ1v) is 6.53. The van der Waals surface area contributed by atoms with E-state index in [4.69, 9.17) is 4.42 Å². The van der Waals surface area contributed by atoms with Crippen molar-refractivity contribution in [2.24, 2.45) is 0 Å². The van der Waals surface area contributed by atoms with Crippen LogP contribution in [0.3, 0.4) is 0 Å². The number of para-hydroxylation sites is 1. The molecule has 0 radical (unpaired) electrons. The predicted octanol–water partition coefficient (Wildman–Crippen LogP) is 4.42. The zero-order valence-corrected chi connectivity index (χ0v) is 11.8. The zero-order chi connectivity index (χ0) is 13.1. The van der Waals surface area contributed by atoms with E-state index in [-0.39, 0.29) is 5.91 Å². The van der Waals surface area contributed by atoms with Crippen LogP contribution in [0.5, 0.6) is 0 Å². The molecule has 0 fully saturated rings. The highest BCUT2D eigenvalue weighted by atomic mass is 79.9. The van der Waals surface area contributed by atoms with Crippen molar-refractivity contribution in [1.29, 1.82) is 0 Å². The lowest BCUT2D eigenvalue weighted by Gasteiger charge is -2.12. The molecule has 4 heteroatoms.